The van der Waals surface area contributed by atoms with Crippen LogP contribution in [0.2, 0.25) is 0 Å². The first-order valence-corrected chi connectivity index (χ1v) is 6.15. The van der Waals surface area contributed by atoms with Crippen molar-refractivity contribution in [3.05, 3.63) is 22.4 Å². The summed E-state index contributed by atoms with van der Waals surface area (Å²) in [4.78, 5) is 14.8. The van der Waals surface area contributed by atoms with Gasteiger partial charge in [-0.1, -0.05) is 13.0 Å². The van der Waals surface area contributed by atoms with Crippen molar-refractivity contribution in [1.82, 2.24) is 4.90 Å². The molecule has 0 spiro atoms. The fourth-order valence-corrected chi connectivity index (χ4v) is 2.60. The van der Waals surface area contributed by atoms with E-state index in [1.807, 2.05) is 22.4 Å². The van der Waals surface area contributed by atoms with Gasteiger partial charge in [-0.05, 0) is 23.8 Å². The number of rotatable bonds is 1. The number of nitrogens with two attached hydrogens (primary N) is 1. The highest BCUT2D eigenvalue weighted by molar-refractivity contribution is 7.12. The molecule has 2 N–H and O–H groups in total. The lowest BCUT2D eigenvalue weighted by molar-refractivity contribution is 0.0669. The Kier molecular flexibility index (Phi) is 4.77. The number of carbonyl (C=O) groups excluding carboxylic acids is 1. The summed E-state index contributed by atoms with van der Waals surface area (Å²) >= 11 is 1.50. The van der Waals surface area contributed by atoms with Crippen molar-refractivity contribution in [3.63, 3.8) is 0 Å². The van der Waals surface area contributed by atoms with E-state index in [9.17, 15) is 4.79 Å². The first-order valence-electron chi connectivity index (χ1n) is 5.27. The summed E-state index contributed by atoms with van der Waals surface area (Å²) in [6.07, 6.45) is 0.915. The third-order valence-electron chi connectivity index (χ3n) is 2.99. The summed E-state index contributed by atoms with van der Waals surface area (Å²) < 4.78 is 0. The van der Waals surface area contributed by atoms with E-state index in [0.29, 0.717) is 5.92 Å². The smallest absolute Gasteiger partial charge is 0.263 e. The average molecular weight is 261 g/mol. The van der Waals surface area contributed by atoms with Crippen LogP contribution in [0.25, 0.3) is 0 Å². The Morgan fingerprint density at radius 2 is 2.38 bits per heavy atom. The van der Waals surface area contributed by atoms with Crippen molar-refractivity contribution in [2.75, 3.05) is 13.1 Å². The zero-order valence-corrected chi connectivity index (χ0v) is 10.9. The Morgan fingerprint density at radius 3 is 2.94 bits per heavy atom. The third kappa shape index (κ3) is 2.75. The Morgan fingerprint density at radius 1 is 1.62 bits per heavy atom. The molecule has 3 nitrogen and oxygen atoms in total. The van der Waals surface area contributed by atoms with Crippen molar-refractivity contribution < 1.29 is 4.79 Å². The van der Waals surface area contributed by atoms with E-state index in [1.54, 1.807) is 0 Å². The van der Waals surface area contributed by atoms with Crippen LogP contribution < -0.4 is 5.73 Å². The fourth-order valence-electron chi connectivity index (χ4n) is 1.90. The second-order valence-electron chi connectivity index (χ2n) is 4.16. The van der Waals surface area contributed by atoms with Gasteiger partial charge < -0.3 is 10.6 Å². The summed E-state index contributed by atoms with van der Waals surface area (Å²) in [5, 5.41) is 1.94. The molecule has 0 aliphatic carbocycles. The number of carbonyl (C=O) groups is 1. The lowest BCUT2D eigenvalue weighted by Crippen LogP contribution is -2.48. The van der Waals surface area contributed by atoms with Gasteiger partial charge in [0.15, 0.2) is 0 Å². The van der Waals surface area contributed by atoms with E-state index in [2.05, 4.69) is 6.92 Å². The highest BCUT2D eigenvalue weighted by atomic mass is 35.5. The van der Waals surface area contributed by atoms with Crippen molar-refractivity contribution in [1.29, 1.82) is 0 Å². The minimum atomic E-state index is 0. The van der Waals surface area contributed by atoms with E-state index >= 15 is 0 Å². The van der Waals surface area contributed by atoms with Gasteiger partial charge in [0.25, 0.3) is 5.91 Å². The van der Waals surface area contributed by atoms with Crippen molar-refractivity contribution in [3.8, 4) is 0 Å². The Balaban J connectivity index is 0.00000128. The van der Waals surface area contributed by atoms with Crippen LogP contribution in [-0.4, -0.2) is 29.9 Å². The van der Waals surface area contributed by atoms with Gasteiger partial charge in [0, 0.05) is 19.1 Å². The molecule has 5 heteroatoms. The quantitative estimate of drug-likeness (QED) is 0.839. The number of amides is 1. The SMILES string of the molecule is CC1CN(C(=O)c2cccs2)CCC1N.Cl. The van der Waals surface area contributed by atoms with Crippen molar-refractivity contribution in [2.45, 2.75) is 19.4 Å². The molecule has 1 aliphatic heterocycles. The maximum atomic E-state index is 12.0. The van der Waals surface area contributed by atoms with Gasteiger partial charge in [0.2, 0.25) is 0 Å². The number of piperidine rings is 1. The average Bonchev–Trinajstić information content (AvgIpc) is 2.74. The van der Waals surface area contributed by atoms with Crippen LogP contribution in [0.4, 0.5) is 0 Å². The molecule has 1 aliphatic rings. The second-order valence-corrected chi connectivity index (χ2v) is 5.11. The largest absolute Gasteiger partial charge is 0.338 e. The minimum Gasteiger partial charge on any atom is -0.338 e. The highest BCUT2D eigenvalue weighted by Crippen LogP contribution is 2.19. The zero-order chi connectivity index (χ0) is 10.8. The third-order valence-corrected chi connectivity index (χ3v) is 3.85. The molecule has 0 saturated carbocycles. The lowest BCUT2D eigenvalue weighted by Gasteiger charge is -2.34. The Bertz CT molecular complexity index is 342. The summed E-state index contributed by atoms with van der Waals surface area (Å²) in [6, 6.07) is 4.04. The molecule has 2 unspecified atom stereocenters. The number of hydrogen-bond acceptors (Lipinski definition) is 3. The zero-order valence-electron chi connectivity index (χ0n) is 9.26. The second kappa shape index (κ2) is 5.66. The fraction of sp³-hybridized carbons (Fsp3) is 0.545. The molecule has 0 radical (unpaired) electrons. The van der Waals surface area contributed by atoms with E-state index < -0.39 is 0 Å². The standard InChI is InChI=1S/C11H16N2OS.ClH/c1-8-7-13(5-4-9(8)12)11(14)10-3-2-6-15-10;/h2-3,6,8-9H,4-5,7,12H2,1H3;1H. The van der Waals surface area contributed by atoms with E-state index in [0.717, 1.165) is 24.4 Å². The Hall–Kier alpha value is -0.580. The van der Waals surface area contributed by atoms with Crippen LogP contribution in [-0.2, 0) is 0 Å². The normalized spacial score (nSPS) is 25.0. The molecular formula is C11H17ClN2OS. The first kappa shape index (κ1) is 13.5. The molecule has 1 saturated heterocycles. The summed E-state index contributed by atoms with van der Waals surface area (Å²) in [5.41, 5.74) is 5.92. The predicted octanol–water partition coefficient (Wildman–Crippen LogP) is 1.98. The Labute approximate surface area is 106 Å². The number of hydrogen-bond donors (Lipinski definition) is 1. The van der Waals surface area contributed by atoms with Crippen LogP contribution in [0, 0.1) is 5.92 Å². The molecule has 2 atom stereocenters. The van der Waals surface area contributed by atoms with Gasteiger partial charge in [-0.25, -0.2) is 0 Å². The molecule has 0 aromatic carbocycles. The molecule has 1 aromatic heterocycles. The molecule has 1 aromatic rings. The van der Waals surface area contributed by atoms with Crippen LogP contribution in [0.5, 0.6) is 0 Å². The number of halogens is 1. The minimum absolute atomic E-state index is 0. The highest BCUT2D eigenvalue weighted by Gasteiger charge is 2.26. The summed E-state index contributed by atoms with van der Waals surface area (Å²) in [7, 11) is 0. The van der Waals surface area contributed by atoms with Gasteiger partial charge in [-0.15, -0.1) is 23.7 Å². The molecule has 2 rings (SSSR count). The van der Waals surface area contributed by atoms with Crippen LogP contribution in [0.3, 0.4) is 0 Å². The maximum absolute atomic E-state index is 12.0. The monoisotopic (exact) mass is 260 g/mol. The van der Waals surface area contributed by atoms with Crippen LogP contribution in [0.15, 0.2) is 17.5 Å². The number of nitrogens with zero attached hydrogens (tertiary/aromatic N) is 1. The molecular weight excluding hydrogens is 244 g/mol. The molecule has 1 fully saturated rings. The molecule has 90 valence electrons. The van der Waals surface area contributed by atoms with Gasteiger partial charge in [-0.3, -0.25) is 4.79 Å². The summed E-state index contributed by atoms with van der Waals surface area (Å²) in [5.74, 6) is 0.561. The summed E-state index contributed by atoms with van der Waals surface area (Å²) in [6.45, 7) is 3.69. The number of thiophene rings is 1. The van der Waals surface area contributed by atoms with Crippen LogP contribution >= 0.6 is 23.7 Å². The van der Waals surface area contributed by atoms with E-state index in [1.165, 1.54) is 11.3 Å². The van der Waals surface area contributed by atoms with Gasteiger partial charge >= 0.3 is 0 Å². The first-order chi connectivity index (χ1) is 7.18. The van der Waals surface area contributed by atoms with E-state index in [-0.39, 0.29) is 24.4 Å². The number of likely N-dealkylation sites (tertiary alicyclic amines) is 1. The predicted molar refractivity (Wildman–Crippen MR) is 69.2 cm³/mol. The van der Waals surface area contributed by atoms with Crippen molar-refractivity contribution >= 4 is 29.7 Å². The van der Waals surface area contributed by atoms with Gasteiger partial charge in [0.1, 0.15) is 0 Å². The molecule has 2 heterocycles. The van der Waals surface area contributed by atoms with Gasteiger partial charge in [0.05, 0.1) is 4.88 Å². The van der Waals surface area contributed by atoms with Crippen LogP contribution in [0.1, 0.15) is 23.0 Å². The van der Waals surface area contributed by atoms with Crippen molar-refractivity contribution in [2.24, 2.45) is 11.7 Å². The van der Waals surface area contributed by atoms with Gasteiger partial charge in [-0.2, -0.15) is 0 Å². The molecule has 16 heavy (non-hydrogen) atoms. The lowest BCUT2D eigenvalue weighted by atomic mass is 9.95. The maximum Gasteiger partial charge on any atom is 0.263 e. The topological polar surface area (TPSA) is 46.3 Å². The molecule has 1 amide bonds. The molecule has 0 bridgehead atoms. The van der Waals surface area contributed by atoms with E-state index in [4.69, 9.17) is 5.73 Å².